The van der Waals surface area contributed by atoms with Gasteiger partial charge < -0.3 is 10.1 Å². The van der Waals surface area contributed by atoms with Crippen LogP contribution in [0.1, 0.15) is 33.1 Å². The number of carbonyl (C=O) groups is 1. The lowest BCUT2D eigenvalue weighted by atomic mass is 9.98. The highest BCUT2D eigenvalue weighted by Gasteiger charge is 2.14. The first-order valence-electron chi connectivity index (χ1n) is 7.75. The van der Waals surface area contributed by atoms with Crippen molar-refractivity contribution in [1.29, 1.82) is 0 Å². The van der Waals surface area contributed by atoms with Gasteiger partial charge in [0.15, 0.2) is 5.82 Å². The highest BCUT2D eigenvalue weighted by Crippen LogP contribution is 2.23. The number of amides is 1. The third-order valence-corrected chi connectivity index (χ3v) is 3.88. The molecule has 0 aliphatic rings. The summed E-state index contributed by atoms with van der Waals surface area (Å²) in [6, 6.07) is 10.1. The molecule has 24 heavy (non-hydrogen) atoms. The van der Waals surface area contributed by atoms with Crippen LogP contribution in [0, 0.1) is 13.8 Å². The summed E-state index contributed by atoms with van der Waals surface area (Å²) in [7, 11) is 1.59. The van der Waals surface area contributed by atoms with E-state index in [-0.39, 0.29) is 12.5 Å². The maximum atomic E-state index is 12.7. The van der Waals surface area contributed by atoms with E-state index in [2.05, 4.69) is 26.6 Å². The number of ether oxygens (including phenoxy) is 1. The molecule has 0 atom stereocenters. The summed E-state index contributed by atoms with van der Waals surface area (Å²) >= 11 is 0. The van der Waals surface area contributed by atoms with Crippen LogP contribution in [0.15, 0.2) is 30.3 Å². The van der Waals surface area contributed by atoms with Crippen LogP contribution >= 0.6 is 0 Å². The zero-order valence-corrected chi connectivity index (χ0v) is 14.0. The van der Waals surface area contributed by atoms with Gasteiger partial charge in [0.05, 0.1) is 12.1 Å². The Morgan fingerprint density at radius 2 is 2.08 bits per heavy atom. The first-order chi connectivity index (χ1) is 11.6. The number of methoxy groups -OCH3 is 1. The normalized spacial score (nSPS) is 11.0. The van der Waals surface area contributed by atoms with E-state index in [0.717, 1.165) is 16.3 Å². The first kappa shape index (κ1) is 16.1. The van der Waals surface area contributed by atoms with Crippen LogP contribution in [-0.4, -0.2) is 28.2 Å². The van der Waals surface area contributed by atoms with Gasteiger partial charge in [0.1, 0.15) is 12.4 Å². The van der Waals surface area contributed by atoms with Gasteiger partial charge >= 0.3 is 0 Å². The van der Waals surface area contributed by atoms with E-state index in [1.807, 2.05) is 38.1 Å². The van der Waals surface area contributed by atoms with E-state index in [1.165, 1.54) is 5.56 Å². The predicted octanol–water partition coefficient (Wildman–Crippen LogP) is 2.65. The Hall–Kier alpha value is -2.73. The molecule has 124 valence electrons. The predicted molar refractivity (Wildman–Crippen MR) is 91.7 cm³/mol. The lowest BCUT2D eigenvalue weighted by molar-refractivity contribution is 0.0951. The summed E-state index contributed by atoms with van der Waals surface area (Å²) in [5, 5.41) is 11.7. The number of hydrogen-bond donors (Lipinski definition) is 2. The maximum absolute atomic E-state index is 12.7. The number of nitrogens with one attached hydrogen (secondary N) is 2. The van der Waals surface area contributed by atoms with Gasteiger partial charge in [0.25, 0.3) is 5.91 Å². The minimum absolute atomic E-state index is 0.119. The average molecular weight is 324 g/mol. The van der Waals surface area contributed by atoms with Crippen LogP contribution < -0.4 is 5.32 Å². The van der Waals surface area contributed by atoms with Gasteiger partial charge in [0, 0.05) is 7.11 Å². The summed E-state index contributed by atoms with van der Waals surface area (Å²) < 4.78 is 4.98. The van der Waals surface area contributed by atoms with Crippen molar-refractivity contribution in [3.8, 4) is 0 Å². The number of aromatic nitrogens is 3. The Kier molecular flexibility index (Phi) is 4.57. The van der Waals surface area contributed by atoms with E-state index in [1.54, 1.807) is 7.11 Å². The molecule has 0 spiro atoms. The molecule has 0 aliphatic carbocycles. The number of hydrogen-bond acceptors (Lipinski definition) is 4. The Bertz CT molecular complexity index is 886. The van der Waals surface area contributed by atoms with E-state index >= 15 is 0 Å². The van der Waals surface area contributed by atoms with Crippen LogP contribution in [0.3, 0.4) is 0 Å². The molecule has 2 N–H and O–H groups in total. The van der Waals surface area contributed by atoms with Crippen molar-refractivity contribution in [3.05, 3.63) is 58.7 Å². The molecule has 0 bridgehead atoms. The van der Waals surface area contributed by atoms with Crippen LogP contribution in [0.5, 0.6) is 0 Å². The number of H-pyrrole nitrogens is 1. The molecular formula is C18H20N4O2. The quantitative estimate of drug-likeness (QED) is 0.756. The second-order valence-corrected chi connectivity index (χ2v) is 5.80. The fourth-order valence-corrected chi connectivity index (χ4v) is 2.72. The molecule has 1 aromatic heterocycles. The second kappa shape index (κ2) is 6.80. The fraction of sp³-hybridized carbons (Fsp3) is 0.278. The number of aryl methyl sites for hydroxylation is 2. The van der Waals surface area contributed by atoms with E-state index < -0.39 is 0 Å². The Balaban J connectivity index is 1.81. The summed E-state index contributed by atoms with van der Waals surface area (Å²) in [6.07, 6.45) is 0. The largest absolute Gasteiger partial charge is 0.377 e. The summed E-state index contributed by atoms with van der Waals surface area (Å²) in [5.41, 5.74) is 2.82. The topological polar surface area (TPSA) is 79.9 Å². The molecule has 0 saturated carbocycles. The van der Waals surface area contributed by atoms with Crippen molar-refractivity contribution in [2.24, 2.45) is 0 Å². The maximum Gasteiger partial charge on any atom is 0.252 e. The lowest BCUT2D eigenvalue weighted by Gasteiger charge is -2.11. The highest BCUT2D eigenvalue weighted by atomic mass is 16.5. The fourth-order valence-electron chi connectivity index (χ4n) is 2.72. The van der Waals surface area contributed by atoms with E-state index in [4.69, 9.17) is 4.74 Å². The molecule has 0 aliphatic heterocycles. The smallest absolute Gasteiger partial charge is 0.252 e. The minimum Gasteiger partial charge on any atom is -0.377 e. The number of rotatable bonds is 5. The van der Waals surface area contributed by atoms with Crippen molar-refractivity contribution in [1.82, 2.24) is 20.5 Å². The first-order valence-corrected chi connectivity index (χ1v) is 7.75. The summed E-state index contributed by atoms with van der Waals surface area (Å²) in [6.45, 7) is 4.61. The third kappa shape index (κ3) is 3.28. The van der Waals surface area contributed by atoms with Gasteiger partial charge in [-0.2, -0.15) is 5.10 Å². The van der Waals surface area contributed by atoms with Crippen LogP contribution in [0.4, 0.5) is 0 Å². The molecule has 6 heteroatoms. The van der Waals surface area contributed by atoms with Gasteiger partial charge in [-0.15, -0.1) is 0 Å². The molecule has 3 aromatic rings. The molecule has 6 nitrogen and oxygen atoms in total. The molecule has 0 unspecified atom stereocenters. The Morgan fingerprint density at radius 3 is 2.88 bits per heavy atom. The van der Waals surface area contributed by atoms with Gasteiger partial charge in [-0.25, -0.2) is 4.98 Å². The summed E-state index contributed by atoms with van der Waals surface area (Å²) in [4.78, 5) is 16.9. The molecule has 0 fully saturated rings. The Morgan fingerprint density at radius 1 is 1.25 bits per heavy atom. The second-order valence-electron chi connectivity index (χ2n) is 5.80. The van der Waals surface area contributed by atoms with Gasteiger partial charge in [-0.1, -0.05) is 35.9 Å². The number of benzene rings is 2. The van der Waals surface area contributed by atoms with Gasteiger partial charge in [0.2, 0.25) is 0 Å². The van der Waals surface area contributed by atoms with Crippen LogP contribution in [0.25, 0.3) is 10.8 Å². The van der Waals surface area contributed by atoms with Crippen molar-refractivity contribution in [2.45, 2.75) is 27.0 Å². The number of carbonyl (C=O) groups excluding carboxylic acids is 1. The molecule has 0 saturated heterocycles. The van der Waals surface area contributed by atoms with Crippen LogP contribution in [-0.2, 0) is 17.9 Å². The Labute approximate surface area is 140 Å². The molecule has 1 amide bonds. The van der Waals surface area contributed by atoms with E-state index in [9.17, 15) is 4.79 Å². The van der Waals surface area contributed by atoms with Crippen molar-refractivity contribution < 1.29 is 9.53 Å². The number of aromatic amines is 1. The monoisotopic (exact) mass is 324 g/mol. The minimum atomic E-state index is -0.119. The van der Waals surface area contributed by atoms with E-state index in [0.29, 0.717) is 23.8 Å². The van der Waals surface area contributed by atoms with Gasteiger partial charge in [-0.05, 0) is 30.2 Å². The van der Waals surface area contributed by atoms with Crippen molar-refractivity contribution in [3.63, 3.8) is 0 Å². The molecule has 2 aromatic carbocycles. The lowest BCUT2D eigenvalue weighted by Crippen LogP contribution is -2.24. The standard InChI is InChI=1S/C18H20N4O2/c1-11-4-7-14-13(8-11)6-5-12(2)17(14)18(23)19-9-15-20-16(10-24-3)22-21-15/h4-8H,9-10H2,1-3H3,(H,19,23)(H,20,21,22). The van der Waals surface area contributed by atoms with Crippen molar-refractivity contribution in [2.75, 3.05) is 7.11 Å². The molecule has 1 heterocycles. The SMILES string of the molecule is COCc1n[nH]c(CNC(=O)c2c(C)ccc3cc(C)ccc23)n1. The average Bonchev–Trinajstić information content (AvgIpc) is 3.01. The van der Waals surface area contributed by atoms with Crippen molar-refractivity contribution >= 4 is 16.7 Å². The zero-order chi connectivity index (χ0) is 17.1. The summed E-state index contributed by atoms with van der Waals surface area (Å²) in [5.74, 6) is 1.05. The molecular weight excluding hydrogens is 304 g/mol. The third-order valence-electron chi connectivity index (χ3n) is 3.88. The number of fused-ring (bicyclic) bond motifs is 1. The highest BCUT2D eigenvalue weighted by molar-refractivity contribution is 6.08. The zero-order valence-electron chi connectivity index (χ0n) is 14.0. The molecule has 0 radical (unpaired) electrons. The molecule has 3 rings (SSSR count). The van der Waals surface area contributed by atoms with Gasteiger partial charge in [-0.3, -0.25) is 9.89 Å². The van der Waals surface area contributed by atoms with Crippen LogP contribution in [0.2, 0.25) is 0 Å². The number of nitrogens with zero attached hydrogens (tertiary/aromatic N) is 2.